The van der Waals surface area contributed by atoms with Crippen LogP contribution >= 0.6 is 0 Å². The van der Waals surface area contributed by atoms with Crippen molar-refractivity contribution in [2.75, 3.05) is 18.0 Å². The second-order valence-electron chi connectivity index (χ2n) is 8.41. The number of nitrogens with one attached hydrogen (secondary N) is 1. The van der Waals surface area contributed by atoms with Crippen molar-refractivity contribution in [2.24, 2.45) is 0 Å². The van der Waals surface area contributed by atoms with E-state index in [-0.39, 0.29) is 29.3 Å². The average Bonchev–Trinajstić information content (AvgIpc) is 2.95. The number of nitrogens with zero attached hydrogens (tertiary/aromatic N) is 2. The maximum atomic E-state index is 14.1. The summed E-state index contributed by atoms with van der Waals surface area (Å²) < 4.78 is 46.1. The van der Waals surface area contributed by atoms with Gasteiger partial charge in [-0.1, -0.05) is 18.2 Å². The van der Waals surface area contributed by atoms with Gasteiger partial charge in [0.05, 0.1) is 36.4 Å². The van der Waals surface area contributed by atoms with E-state index in [2.05, 4.69) is 4.98 Å². The molecule has 0 radical (unpaired) electrons. The van der Waals surface area contributed by atoms with Gasteiger partial charge in [0, 0.05) is 24.6 Å². The Balaban J connectivity index is 1.83. The minimum Gasteiger partial charge on any atom is -0.497 e. The molecule has 0 bridgehead atoms. The van der Waals surface area contributed by atoms with Gasteiger partial charge in [0.15, 0.2) is 6.29 Å². The van der Waals surface area contributed by atoms with Crippen molar-refractivity contribution in [3.8, 4) is 5.75 Å². The lowest BCUT2D eigenvalue weighted by atomic mass is 10.1. The molecule has 2 N–H and O–H groups in total. The number of para-hydroxylation sites is 1. The molecule has 0 spiro atoms. The summed E-state index contributed by atoms with van der Waals surface area (Å²) in [5.74, 6) is -0.355. The van der Waals surface area contributed by atoms with Crippen molar-refractivity contribution in [3.05, 3.63) is 83.7 Å². The number of aromatic nitrogens is 1. The molecule has 1 saturated heterocycles. The van der Waals surface area contributed by atoms with E-state index in [1.807, 2.05) is 0 Å². The van der Waals surface area contributed by atoms with E-state index in [1.165, 1.54) is 25.3 Å². The molecule has 11 heteroatoms. The second kappa shape index (κ2) is 12.2. The van der Waals surface area contributed by atoms with Crippen LogP contribution in [0.15, 0.2) is 71.9 Å². The van der Waals surface area contributed by atoms with E-state index in [0.29, 0.717) is 23.5 Å². The zero-order valence-corrected chi connectivity index (χ0v) is 21.2. The Kier molecular flexibility index (Phi) is 8.72. The van der Waals surface area contributed by atoms with Crippen molar-refractivity contribution >= 4 is 21.6 Å². The molecular weight excluding hydrogens is 498 g/mol. The Bertz CT molecular complexity index is 1300. The third kappa shape index (κ3) is 6.25. The summed E-state index contributed by atoms with van der Waals surface area (Å²) in [5.41, 5.74) is 2.72. The average molecular weight is 528 g/mol. The number of methoxy groups -OCH3 is 1. The van der Waals surface area contributed by atoms with Crippen molar-refractivity contribution in [3.63, 3.8) is 0 Å². The molecule has 1 atom stereocenters. The highest BCUT2D eigenvalue weighted by Gasteiger charge is 2.31. The first-order valence-electron chi connectivity index (χ1n) is 11.8. The van der Waals surface area contributed by atoms with Crippen LogP contribution in [-0.2, 0) is 32.6 Å². The molecule has 2 heterocycles. The summed E-state index contributed by atoms with van der Waals surface area (Å²) in [6.45, 7) is 0.461. The van der Waals surface area contributed by atoms with Gasteiger partial charge in [0.25, 0.3) is 15.9 Å². The number of carbonyl (C=O) groups is 1. The number of hydrogen-bond acceptors (Lipinski definition) is 8. The highest BCUT2D eigenvalue weighted by atomic mass is 32.2. The lowest BCUT2D eigenvalue weighted by Gasteiger charge is -2.29. The predicted molar refractivity (Wildman–Crippen MR) is 135 cm³/mol. The van der Waals surface area contributed by atoms with Crippen LogP contribution in [0, 0.1) is 0 Å². The van der Waals surface area contributed by atoms with E-state index in [0.717, 1.165) is 23.6 Å². The number of sulfonamides is 1. The molecule has 37 heavy (non-hydrogen) atoms. The van der Waals surface area contributed by atoms with Gasteiger partial charge in [-0.15, -0.1) is 0 Å². The largest absolute Gasteiger partial charge is 0.497 e. The first-order valence-corrected chi connectivity index (χ1v) is 13.2. The van der Waals surface area contributed by atoms with E-state index in [4.69, 9.17) is 14.2 Å². The van der Waals surface area contributed by atoms with Crippen molar-refractivity contribution in [1.82, 2.24) is 10.5 Å². The van der Waals surface area contributed by atoms with Crippen molar-refractivity contribution in [2.45, 2.75) is 43.6 Å². The minimum atomic E-state index is -4.21. The SMILES string of the molecule is COc1ccc(S(=O)(=O)N(Cc2cccnc2)c2c(COC3CCCCO3)cccc2C(=O)NO)cc1. The van der Waals surface area contributed by atoms with E-state index in [9.17, 15) is 18.4 Å². The zero-order valence-electron chi connectivity index (χ0n) is 20.4. The summed E-state index contributed by atoms with van der Waals surface area (Å²) in [6.07, 6.45) is 5.34. The highest BCUT2D eigenvalue weighted by Crippen LogP contribution is 2.34. The maximum absolute atomic E-state index is 14.1. The first-order chi connectivity index (χ1) is 17.9. The van der Waals surface area contributed by atoms with Gasteiger partial charge in [-0.05, 0) is 61.2 Å². The molecule has 3 aromatic rings. The number of anilines is 1. The molecule has 196 valence electrons. The maximum Gasteiger partial charge on any atom is 0.276 e. The quantitative estimate of drug-likeness (QED) is 0.302. The van der Waals surface area contributed by atoms with Crippen molar-refractivity contribution in [1.29, 1.82) is 0 Å². The number of ether oxygens (including phenoxy) is 3. The minimum absolute atomic E-state index is 0.00103. The smallest absolute Gasteiger partial charge is 0.276 e. The van der Waals surface area contributed by atoms with E-state index < -0.39 is 22.2 Å². The Labute approximate surface area is 215 Å². The van der Waals surface area contributed by atoms with Crippen LogP contribution in [0.3, 0.4) is 0 Å². The fourth-order valence-corrected chi connectivity index (χ4v) is 5.60. The van der Waals surface area contributed by atoms with Gasteiger partial charge >= 0.3 is 0 Å². The van der Waals surface area contributed by atoms with Crippen LogP contribution in [0.2, 0.25) is 0 Å². The van der Waals surface area contributed by atoms with Crippen LogP contribution in [0.25, 0.3) is 0 Å². The molecule has 1 aliphatic heterocycles. The Morgan fingerprint density at radius 3 is 2.62 bits per heavy atom. The topological polar surface area (TPSA) is 127 Å². The number of benzene rings is 2. The van der Waals surface area contributed by atoms with Crippen LogP contribution in [-0.4, -0.2) is 44.5 Å². The zero-order chi connectivity index (χ0) is 26.3. The standard InChI is InChI=1S/C26H29N3O7S/c1-34-21-10-12-22(13-11-21)37(32,33)29(17-19-6-5-14-27-16-19)25-20(7-4-8-23(25)26(30)28-31)18-36-24-9-2-3-15-35-24/h4-8,10-14,16,24,31H,2-3,9,15,17-18H2,1H3,(H,28,30). The lowest BCUT2D eigenvalue weighted by Crippen LogP contribution is -2.34. The first kappa shape index (κ1) is 26.6. The van der Waals surface area contributed by atoms with Crippen molar-refractivity contribution < 1.29 is 32.6 Å². The molecule has 1 aliphatic rings. The summed E-state index contributed by atoms with van der Waals surface area (Å²) in [5, 5.41) is 9.44. The summed E-state index contributed by atoms with van der Waals surface area (Å²) in [6, 6.07) is 14.1. The molecule has 2 aromatic carbocycles. The summed E-state index contributed by atoms with van der Waals surface area (Å²) in [4.78, 5) is 16.8. The third-order valence-corrected chi connectivity index (χ3v) is 7.73. The highest BCUT2D eigenvalue weighted by molar-refractivity contribution is 7.92. The summed E-state index contributed by atoms with van der Waals surface area (Å²) in [7, 11) is -2.72. The van der Waals surface area contributed by atoms with Crippen LogP contribution in [0.5, 0.6) is 5.75 Å². The third-order valence-electron chi connectivity index (χ3n) is 5.97. The number of rotatable bonds is 10. The van der Waals surface area contributed by atoms with Crippen LogP contribution in [0.1, 0.15) is 40.7 Å². The monoisotopic (exact) mass is 527 g/mol. The Morgan fingerprint density at radius 1 is 1.16 bits per heavy atom. The molecule has 1 aromatic heterocycles. The van der Waals surface area contributed by atoms with Gasteiger partial charge < -0.3 is 14.2 Å². The van der Waals surface area contributed by atoms with E-state index in [1.54, 1.807) is 54.3 Å². The lowest BCUT2D eigenvalue weighted by molar-refractivity contribution is -0.168. The number of pyridine rings is 1. The number of carbonyl (C=O) groups excluding carboxylic acids is 1. The van der Waals surface area contributed by atoms with Crippen LogP contribution in [0.4, 0.5) is 5.69 Å². The van der Waals surface area contributed by atoms with Gasteiger partial charge in [-0.25, -0.2) is 13.9 Å². The molecule has 0 saturated carbocycles. The fraction of sp³-hybridized carbons (Fsp3) is 0.308. The Hall–Kier alpha value is -3.51. The molecule has 10 nitrogen and oxygen atoms in total. The molecule has 1 fully saturated rings. The van der Waals surface area contributed by atoms with E-state index >= 15 is 0 Å². The molecule has 1 unspecified atom stereocenters. The molecule has 4 rings (SSSR count). The summed E-state index contributed by atoms with van der Waals surface area (Å²) >= 11 is 0. The Morgan fingerprint density at radius 2 is 1.97 bits per heavy atom. The number of amides is 1. The molecule has 1 amide bonds. The van der Waals surface area contributed by atoms with Gasteiger partial charge in [-0.3, -0.25) is 19.3 Å². The van der Waals surface area contributed by atoms with Crippen LogP contribution < -0.4 is 14.5 Å². The van der Waals surface area contributed by atoms with Gasteiger partial charge in [0.2, 0.25) is 0 Å². The molecule has 0 aliphatic carbocycles. The van der Waals surface area contributed by atoms with Gasteiger partial charge in [-0.2, -0.15) is 0 Å². The number of hydroxylamine groups is 1. The number of hydrogen-bond donors (Lipinski definition) is 2. The fourth-order valence-electron chi connectivity index (χ4n) is 4.09. The molecular formula is C26H29N3O7S. The second-order valence-corrected chi connectivity index (χ2v) is 10.3. The van der Waals surface area contributed by atoms with Gasteiger partial charge in [0.1, 0.15) is 5.75 Å². The predicted octanol–water partition coefficient (Wildman–Crippen LogP) is 3.65. The normalized spacial score (nSPS) is 15.7.